The molecule has 3 heteroatoms. The average molecular weight is 164 g/mol. The summed E-state index contributed by atoms with van der Waals surface area (Å²) in [5.74, 6) is 0.192. The number of H-pyrrole nitrogens is 1. The molecule has 1 saturated heterocycles. The summed E-state index contributed by atoms with van der Waals surface area (Å²) in [6.45, 7) is 0.969. The molecule has 0 unspecified atom stereocenters. The van der Waals surface area contributed by atoms with Crippen LogP contribution in [0.1, 0.15) is 23.3 Å². The van der Waals surface area contributed by atoms with E-state index in [0.29, 0.717) is 0 Å². The summed E-state index contributed by atoms with van der Waals surface area (Å²) in [7, 11) is 0. The Morgan fingerprint density at radius 2 is 2.50 bits per heavy atom. The smallest absolute Gasteiger partial charge is 0.195 e. The Morgan fingerprint density at radius 1 is 1.58 bits per heavy atom. The molecule has 0 amide bonds. The Balaban J connectivity index is 2.09. The zero-order chi connectivity index (χ0) is 8.39. The first-order valence-electron chi connectivity index (χ1n) is 4.29. The normalized spacial score (nSPS) is 22.8. The van der Waals surface area contributed by atoms with Crippen LogP contribution in [0.2, 0.25) is 0 Å². The molecule has 0 radical (unpaired) electrons. The predicted molar refractivity (Wildman–Crippen MR) is 46.1 cm³/mol. The minimum absolute atomic E-state index is 0.0450. The Kier molecular flexibility index (Phi) is 1.96. The molecular formula is C9H12N2O. The van der Waals surface area contributed by atoms with Crippen molar-refractivity contribution in [2.45, 2.75) is 18.9 Å². The average Bonchev–Trinajstić information content (AvgIpc) is 2.77. The van der Waals surface area contributed by atoms with Gasteiger partial charge in [-0.1, -0.05) is 0 Å². The fourth-order valence-electron chi connectivity index (χ4n) is 1.58. The van der Waals surface area contributed by atoms with E-state index in [1.807, 2.05) is 12.1 Å². The van der Waals surface area contributed by atoms with Crippen LogP contribution in [0.15, 0.2) is 18.3 Å². The summed E-state index contributed by atoms with van der Waals surface area (Å²) in [5, 5.41) is 3.18. The molecule has 1 aliphatic rings. The van der Waals surface area contributed by atoms with Crippen LogP contribution < -0.4 is 5.32 Å². The van der Waals surface area contributed by atoms with Crippen LogP contribution in [0.4, 0.5) is 0 Å². The van der Waals surface area contributed by atoms with Crippen molar-refractivity contribution in [3.63, 3.8) is 0 Å². The summed E-state index contributed by atoms with van der Waals surface area (Å²) in [6.07, 6.45) is 3.86. The molecule has 3 nitrogen and oxygen atoms in total. The lowest BCUT2D eigenvalue weighted by atomic mass is 10.1. The maximum absolute atomic E-state index is 11.6. The van der Waals surface area contributed by atoms with Crippen LogP contribution in [-0.4, -0.2) is 23.4 Å². The minimum Gasteiger partial charge on any atom is -0.359 e. The van der Waals surface area contributed by atoms with Crippen LogP contribution in [0.25, 0.3) is 0 Å². The van der Waals surface area contributed by atoms with Gasteiger partial charge >= 0.3 is 0 Å². The van der Waals surface area contributed by atoms with Gasteiger partial charge < -0.3 is 10.3 Å². The van der Waals surface area contributed by atoms with Gasteiger partial charge in [0.2, 0.25) is 0 Å². The number of aromatic nitrogens is 1. The number of carbonyl (C=O) groups excluding carboxylic acids is 1. The van der Waals surface area contributed by atoms with Crippen LogP contribution in [-0.2, 0) is 0 Å². The molecule has 64 valence electrons. The van der Waals surface area contributed by atoms with E-state index in [1.54, 1.807) is 6.20 Å². The number of rotatable bonds is 2. The Morgan fingerprint density at radius 3 is 3.08 bits per heavy atom. The van der Waals surface area contributed by atoms with E-state index < -0.39 is 0 Å². The number of ketones is 1. The molecule has 2 rings (SSSR count). The molecule has 0 aromatic carbocycles. The second-order valence-electron chi connectivity index (χ2n) is 3.10. The second-order valence-corrected chi connectivity index (χ2v) is 3.10. The molecule has 1 aromatic heterocycles. The molecule has 0 bridgehead atoms. The van der Waals surface area contributed by atoms with E-state index in [0.717, 1.165) is 25.1 Å². The lowest BCUT2D eigenvalue weighted by molar-refractivity contribution is 0.0948. The first kappa shape index (κ1) is 7.55. The highest BCUT2D eigenvalue weighted by atomic mass is 16.1. The maximum atomic E-state index is 11.6. The van der Waals surface area contributed by atoms with Crippen molar-refractivity contribution in [3.05, 3.63) is 24.0 Å². The number of hydrogen-bond donors (Lipinski definition) is 2. The number of aromatic amines is 1. The molecule has 2 N–H and O–H groups in total. The Labute approximate surface area is 71.2 Å². The van der Waals surface area contributed by atoms with Crippen molar-refractivity contribution in [1.82, 2.24) is 10.3 Å². The maximum Gasteiger partial charge on any atom is 0.195 e. The minimum atomic E-state index is 0.0450. The van der Waals surface area contributed by atoms with Crippen LogP contribution in [0, 0.1) is 0 Å². The SMILES string of the molecule is O=C(c1ccc[nH]1)[C@@H]1CCCN1. The van der Waals surface area contributed by atoms with E-state index in [2.05, 4.69) is 10.3 Å². The molecule has 0 aliphatic carbocycles. The molecule has 1 aromatic rings. The van der Waals surface area contributed by atoms with Gasteiger partial charge in [-0.15, -0.1) is 0 Å². The van der Waals surface area contributed by atoms with Crippen molar-refractivity contribution < 1.29 is 4.79 Å². The van der Waals surface area contributed by atoms with Crippen molar-refractivity contribution in [1.29, 1.82) is 0 Å². The number of carbonyl (C=O) groups is 1. The standard InChI is InChI=1S/C9H12N2O/c12-9(7-3-1-5-10-7)8-4-2-6-11-8/h1,3,5,8,10-11H,2,4,6H2/t8-/m0/s1. The third-order valence-electron chi connectivity index (χ3n) is 2.24. The molecular weight excluding hydrogens is 152 g/mol. The van der Waals surface area contributed by atoms with Crippen LogP contribution in [0.3, 0.4) is 0 Å². The van der Waals surface area contributed by atoms with Crippen LogP contribution in [0.5, 0.6) is 0 Å². The molecule has 1 atom stereocenters. The van der Waals surface area contributed by atoms with Gasteiger partial charge in [0.1, 0.15) is 0 Å². The van der Waals surface area contributed by atoms with Gasteiger partial charge in [-0.05, 0) is 31.5 Å². The summed E-state index contributed by atoms with van der Waals surface area (Å²) < 4.78 is 0. The Hall–Kier alpha value is -1.09. The fourth-order valence-corrected chi connectivity index (χ4v) is 1.58. The molecule has 12 heavy (non-hydrogen) atoms. The van der Waals surface area contributed by atoms with E-state index in [9.17, 15) is 4.79 Å². The van der Waals surface area contributed by atoms with Gasteiger partial charge in [-0.3, -0.25) is 4.79 Å². The van der Waals surface area contributed by atoms with E-state index >= 15 is 0 Å². The van der Waals surface area contributed by atoms with E-state index in [-0.39, 0.29) is 11.8 Å². The zero-order valence-electron chi connectivity index (χ0n) is 6.84. The molecule has 0 spiro atoms. The predicted octanol–water partition coefficient (Wildman–Crippen LogP) is 0.949. The van der Waals surface area contributed by atoms with Crippen molar-refractivity contribution >= 4 is 5.78 Å². The first-order valence-corrected chi connectivity index (χ1v) is 4.29. The van der Waals surface area contributed by atoms with Gasteiger partial charge in [0.15, 0.2) is 5.78 Å². The number of Topliss-reactive ketones (excluding diaryl/α,β-unsaturated/α-hetero) is 1. The lowest BCUT2D eigenvalue weighted by Crippen LogP contribution is -2.30. The lowest BCUT2D eigenvalue weighted by Gasteiger charge is -2.06. The third kappa shape index (κ3) is 1.28. The molecule has 1 aliphatic heterocycles. The van der Waals surface area contributed by atoms with Gasteiger partial charge in [-0.25, -0.2) is 0 Å². The summed E-state index contributed by atoms with van der Waals surface area (Å²) in [5.41, 5.74) is 0.717. The third-order valence-corrected chi connectivity index (χ3v) is 2.24. The summed E-state index contributed by atoms with van der Waals surface area (Å²) >= 11 is 0. The first-order chi connectivity index (χ1) is 5.88. The van der Waals surface area contributed by atoms with Crippen molar-refractivity contribution in [3.8, 4) is 0 Å². The summed E-state index contributed by atoms with van der Waals surface area (Å²) in [4.78, 5) is 14.5. The van der Waals surface area contributed by atoms with E-state index in [4.69, 9.17) is 0 Å². The Bertz CT molecular complexity index is 260. The highest BCUT2D eigenvalue weighted by Crippen LogP contribution is 2.10. The number of nitrogens with one attached hydrogen (secondary N) is 2. The zero-order valence-corrected chi connectivity index (χ0v) is 6.84. The highest BCUT2D eigenvalue weighted by molar-refractivity contribution is 5.98. The molecule has 2 heterocycles. The topological polar surface area (TPSA) is 44.9 Å². The van der Waals surface area contributed by atoms with E-state index in [1.165, 1.54) is 0 Å². The monoisotopic (exact) mass is 164 g/mol. The van der Waals surface area contributed by atoms with Crippen molar-refractivity contribution in [2.75, 3.05) is 6.54 Å². The fraction of sp³-hybridized carbons (Fsp3) is 0.444. The second kappa shape index (κ2) is 3.11. The van der Waals surface area contributed by atoms with Gasteiger partial charge in [-0.2, -0.15) is 0 Å². The quantitative estimate of drug-likeness (QED) is 0.639. The number of hydrogen-bond acceptors (Lipinski definition) is 2. The van der Waals surface area contributed by atoms with Crippen LogP contribution >= 0.6 is 0 Å². The highest BCUT2D eigenvalue weighted by Gasteiger charge is 2.23. The largest absolute Gasteiger partial charge is 0.359 e. The summed E-state index contributed by atoms with van der Waals surface area (Å²) in [6, 6.07) is 3.72. The van der Waals surface area contributed by atoms with Gasteiger partial charge in [0.25, 0.3) is 0 Å². The molecule has 0 saturated carbocycles. The molecule has 1 fully saturated rings. The van der Waals surface area contributed by atoms with Gasteiger partial charge in [0, 0.05) is 6.20 Å². The van der Waals surface area contributed by atoms with Gasteiger partial charge in [0.05, 0.1) is 11.7 Å². The van der Waals surface area contributed by atoms with Crippen molar-refractivity contribution in [2.24, 2.45) is 0 Å².